The number of carbonyl (C=O) groups excluding carboxylic acids is 1. The average Bonchev–Trinajstić information content (AvgIpc) is 2.72. The topological polar surface area (TPSA) is 79.0 Å². The number of hydrogen-bond donors (Lipinski definition) is 1. The molecule has 0 unspecified atom stereocenters. The SMILES string of the molecule is Cc1ccc(S(=O)(=O)N2CCN(C(=O)NCOc3cc(C)c(Cl)c(C)c3)CC2)cc1. The molecule has 1 aliphatic heterocycles. The number of nitrogens with zero attached hydrogens (tertiary/aromatic N) is 2. The Bertz CT molecular complexity index is 994. The molecule has 1 N–H and O–H groups in total. The van der Waals surface area contributed by atoms with Crippen LogP contribution >= 0.6 is 11.6 Å². The van der Waals surface area contributed by atoms with Crippen molar-refractivity contribution in [2.24, 2.45) is 0 Å². The van der Waals surface area contributed by atoms with Gasteiger partial charge in [-0.25, -0.2) is 13.2 Å². The van der Waals surface area contributed by atoms with Gasteiger partial charge < -0.3 is 15.0 Å². The van der Waals surface area contributed by atoms with Gasteiger partial charge in [-0.15, -0.1) is 0 Å². The molecule has 7 nitrogen and oxygen atoms in total. The summed E-state index contributed by atoms with van der Waals surface area (Å²) in [6.45, 7) is 6.84. The number of piperazine rings is 1. The normalized spacial score (nSPS) is 15.1. The highest BCUT2D eigenvalue weighted by molar-refractivity contribution is 7.89. The van der Waals surface area contributed by atoms with Crippen LogP contribution in [0.1, 0.15) is 16.7 Å². The van der Waals surface area contributed by atoms with E-state index in [-0.39, 0.29) is 30.7 Å². The first-order valence-electron chi connectivity index (χ1n) is 9.67. The fraction of sp³-hybridized carbons (Fsp3) is 0.381. The molecule has 0 aliphatic carbocycles. The van der Waals surface area contributed by atoms with Crippen molar-refractivity contribution in [3.05, 3.63) is 58.1 Å². The van der Waals surface area contributed by atoms with Gasteiger partial charge in [0.2, 0.25) is 10.0 Å². The molecule has 162 valence electrons. The number of halogens is 1. The molecule has 0 saturated carbocycles. The van der Waals surface area contributed by atoms with Crippen LogP contribution in [0.25, 0.3) is 0 Å². The van der Waals surface area contributed by atoms with Gasteiger partial charge in [-0.05, 0) is 56.2 Å². The molecule has 3 rings (SSSR count). The quantitative estimate of drug-likeness (QED) is 0.707. The first-order valence-corrected chi connectivity index (χ1v) is 11.5. The zero-order valence-corrected chi connectivity index (χ0v) is 18.9. The Morgan fingerprint density at radius 2 is 1.60 bits per heavy atom. The first kappa shape index (κ1) is 22.4. The van der Waals surface area contributed by atoms with E-state index in [0.29, 0.717) is 23.9 Å². The molecule has 0 atom stereocenters. The van der Waals surface area contributed by atoms with Gasteiger partial charge in [0.15, 0.2) is 6.73 Å². The van der Waals surface area contributed by atoms with Gasteiger partial charge in [0.1, 0.15) is 5.75 Å². The van der Waals surface area contributed by atoms with Gasteiger partial charge in [0, 0.05) is 31.2 Å². The lowest BCUT2D eigenvalue weighted by molar-refractivity contribution is 0.162. The lowest BCUT2D eigenvalue weighted by Crippen LogP contribution is -2.53. The molecule has 2 aromatic rings. The highest BCUT2D eigenvalue weighted by atomic mass is 35.5. The molecule has 9 heteroatoms. The summed E-state index contributed by atoms with van der Waals surface area (Å²) in [5.41, 5.74) is 2.81. The maximum Gasteiger partial charge on any atom is 0.320 e. The van der Waals surface area contributed by atoms with E-state index in [9.17, 15) is 13.2 Å². The van der Waals surface area contributed by atoms with E-state index in [0.717, 1.165) is 16.7 Å². The Labute approximate surface area is 182 Å². The predicted molar refractivity (Wildman–Crippen MR) is 116 cm³/mol. The van der Waals surface area contributed by atoms with Crippen molar-refractivity contribution in [1.82, 2.24) is 14.5 Å². The minimum Gasteiger partial charge on any atom is -0.473 e. The maximum atomic E-state index is 12.8. The van der Waals surface area contributed by atoms with Crippen LogP contribution in [0.15, 0.2) is 41.3 Å². The highest BCUT2D eigenvalue weighted by Gasteiger charge is 2.30. The number of benzene rings is 2. The molecule has 1 aliphatic rings. The van der Waals surface area contributed by atoms with Gasteiger partial charge in [0.05, 0.1) is 4.90 Å². The van der Waals surface area contributed by atoms with E-state index >= 15 is 0 Å². The Balaban J connectivity index is 1.50. The molecular weight excluding hydrogens is 426 g/mol. The molecule has 2 aromatic carbocycles. The Morgan fingerprint density at radius 1 is 1.03 bits per heavy atom. The van der Waals surface area contributed by atoms with Crippen molar-refractivity contribution >= 4 is 27.7 Å². The lowest BCUT2D eigenvalue weighted by atomic mass is 10.1. The molecule has 2 amide bonds. The largest absolute Gasteiger partial charge is 0.473 e. The lowest BCUT2D eigenvalue weighted by Gasteiger charge is -2.34. The molecule has 0 bridgehead atoms. The fourth-order valence-electron chi connectivity index (χ4n) is 3.27. The van der Waals surface area contributed by atoms with Crippen LogP contribution in [0.2, 0.25) is 5.02 Å². The maximum absolute atomic E-state index is 12.8. The van der Waals surface area contributed by atoms with E-state index in [4.69, 9.17) is 16.3 Å². The highest BCUT2D eigenvalue weighted by Crippen LogP contribution is 2.25. The van der Waals surface area contributed by atoms with Crippen LogP contribution in [-0.2, 0) is 10.0 Å². The zero-order chi connectivity index (χ0) is 21.9. The summed E-state index contributed by atoms with van der Waals surface area (Å²) in [6.07, 6.45) is 0. The smallest absolute Gasteiger partial charge is 0.320 e. The minimum atomic E-state index is -3.55. The van der Waals surface area contributed by atoms with Crippen LogP contribution < -0.4 is 10.1 Å². The zero-order valence-electron chi connectivity index (χ0n) is 17.3. The van der Waals surface area contributed by atoms with Crippen LogP contribution in [0.4, 0.5) is 4.79 Å². The van der Waals surface area contributed by atoms with Crippen LogP contribution in [-0.4, -0.2) is 56.6 Å². The van der Waals surface area contributed by atoms with Crippen molar-refractivity contribution in [3.63, 3.8) is 0 Å². The second-order valence-corrected chi connectivity index (χ2v) is 9.66. The van der Waals surface area contributed by atoms with Crippen molar-refractivity contribution in [3.8, 4) is 5.75 Å². The summed E-state index contributed by atoms with van der Waals surface area (Å²) in [6, 6.07) is 10.1. The van der Waals surface area contributed by atoms with E-state index in [1.807, 2.05) is 32.9 Å². The van der Waals surface area contributed by atoms with Crippen molar-refractivity contribution in [1.29, 1.82) is 0 Å². The summed E-state index contributed by atoms with van der Waals surface area (Å²) in [7, 11) is -3.55. The standard InChI is InChI=1S/C21H26ClN3O4S/c1-15-4-6-19(7-5-15)30(27,28)25-10-8-24(9-11-25)21(26)23-14-29-18-12-16(2)20(22)17(3)13-18/h4-7,12-13H,8-11,14H2,1-3H3,(H,23,26). The van der Waals surface area contributed by atoms with Crippen molar-refractivity contribution in [2.45, 2.75) is 25.7 Å². The summed E-state index contributed by atoms with van der Waals surface area (Å²) in [4.78, 5) is 14.2. The monoisotopic (exact) mass is 451 g/mol. The molecule has 0 spiro atoms. The number of amides is 2. The number of hydrogen-bond acceptors (Lipinski definition) is 4. The third-order valence-electron chi connectivity index (χ3n) is 5.06. The number of rotatable bonds is 5. The number of sulfonamides is 1. The third kappa shape index (κ3) is 5.06. The van der Waals surface area contributed by atoms with E-state index in [2.05, 4.69) is 5.32 Å². The molecular formula is C21H26ClN3O4S. The fourth-order valence-corrected chi connectivity index (χ4v) is 4.80. The van der Waals surface area contributed by atoms with E-state index in [1.54, 1.807) is 29.2 Å². The molecule has 1 heterocycles. The van der Waals surface area contributed by atoms with Crippen molar-refractivity contribution in [2.75, 3.05) is 32.9 Å². The Hall–Kier alpha value is -2.29. The van der Waals surface area contributed by atoms with Crippen LogP contribution in [0.3, 0.4) is 0 Å². The number of aryl methyl sites for hydroxylation is 3. The number of carbonyl (C=O) groups is 1. The minimum absolute atomic E-state index is 0.0151. The van der Waals surface area contributed by atoms with E-state index < -0.39 is 10.0 Å². The van der Waals surface area contributed by atoms with E-state index in [1.165, 1.54) is 4.31 Å². The number of nitrogens with one attached hydrogen (secondary N) is 1. The second-order valence-electron chi connectivity index (χ2n) is 7.35. The molecule has 1 saturated heterocycles. The van der Waals surface area contributed by atoms with Gasteiger partial charge in [0.25, 0.3) is 0 Å². The van der Waals surface area contributed by atoms with Gasteiger partial charge >= 0.3 is 6.03 Å². The predicted octanol–water partition coefficient (Wildman–Crippen LogP) is 3.32. The third-order valence-corrected chi connectivity index (χ3v) is 7.57. The number of ether oxygens (including phenoxy) is 1. The Morgan fingerprint density at radius 3 is 2.17 bits per heavy atom. The first-order chi connectivity index (χ1) is 14.2. The number of urea groups is 1. The van der Waals surface area contributed by atoms with Crippen LogP contribution in [0, 0.1) is 20.8 Å². The average molecular weight is 452 g/mol. The summed E-state index contributed by atoms with van der Waals surface area (Å²) >= 11 is 6.15. The van der Waals surface area contributed by atoms with Gasteiger partial charge in [-0.1, -0.05) is 29.3 Å². The molecule has 0 aromatic heterocycles. The second kappa shape index (κ2) is 9.24. The van der Waals surface area contributed by atoms with Gasteiger partial charge in [-0.3, -0.25) is 0 Å². The summed E-state index contributed by atoms with van der Waals surface area (Å²) < 4.78 is 32.5. The Kier molecular flexibility index (Phi) is 6.90. The summed E-state index contributed by atoms with van der Waals surface area (Å²) in [5.74, 6) is 0.628. The van der Waals surface area contributed by atoms with Crippen LogP contribution in [0.5, 0.6) is 5.75 Å². The summed E-state index contributed by atoms with van der Waals surface area (Å²) in [5, 5.41) is 3.41. The molecule has 0 radical (unpaired) electrons. The van der Waals surface area contributed by atoms with Gasteiger partial charge in [-0.2, -0.15) is 4.31 Å². The van der Waals surface area contributed by atoms with Crippen molar-refractivity contribution < 1.29 is 17.9 Å². The molecule has 1 fully saturated rings. The molecule has 30 heavy (non-hydrogen) atoms.